The van der Waals surface area contributed by atoms with Crippen LogP contribution in [0.5, 0.6) is 5.75 Å². The van der Waals surface area contributed by atoms with Gasteiger partial charge in [-0.15, -0.1) is 0 Å². The highest BCUT2D eigenvalue weighted by atomic mass is 35.5. The van der Waals surface area contributed by atoms with Gasteiger partial charge in [0.25, 0.3) is 0 Å². The molecule has 0 radical (unpaired) electrons. The van der Waals surface area contributed by atoms with Gasteiger partial charge < -0.3 is 15.0 Å². The molecule has 1 aromatic carbocycles. The van der Waals surface area contributed by atoms with E-state index in [4.69, 9.17) is 33.7 Å². The minimum Gasteiger partial charge on any atom is -0.491 e. The Morgan fingerprint density at radius 1 is 1.27 bits per heavy atom. The molecule has 5 nitrogen and oxygen atoms in total. The highest BCUT2D eigenvalue weighted by molar-refractivity contribution is 6.38. The molecule has 2 N–H and O–H groups in total. The fraction of sp³-hybridized carbons (Fsp3) is 0.200. The van der Waals surface area contributed by atoms with Crippen molar-refractivity contribution in [3.63, 3.8) is 0 Å². The van der Waals surface area contributed by atoms with Crippen molar-refractivity contribution in [2.24, 2.45) is 7.05 Å². The predicted molar refractivity (Wildman–Crippen MR) is 87.6 cm³/mol. The molecule has 0 aliphatic carbocycles. The molecule has 3 heterocycles. The summed E-state index contributed by atoms with van der Waals surface area (Å²) >= 11 is 12.7. The third-order valence-corrected chi connectivity index (χ3v) is 4.44. The van der Waals surface area contributed by atoms with Crippen molar-refractivity contribution in [2.75, 3.05) is 12.3 Å². The summed E-state index contributed by atoms with van der Waals surface area (Å²) in [6, 6.07) is 3.65. The molecule has 22 heavy (non-hydrogen) atoms. The van der Waals surface area contributed by atoms with Gasteiger partial charge in [-0.2, -0.15) is 4.98 Å². The van der Waals surface area contributed by atoms with E-state index in [1.54, 1.807) is 6.07 Å². The number of ether oxygens (including phenoxy) is 1. The fourth-order valence-corrected chi connectivity index (χ4v) is 3.55. The first-order valence-electron chi connectivity index (χ1n) is 6.79. The van der Waals surface area contributed by atoms with Gasteiger partial charge in [-0.05, 0) is 12.1 Å². The van der Waals surface area contributed by atoms with E-state index in [0.29, 0.717) is 28.1 Å². The van der Waals surface area contributed by atoms with E-state index in [0.717, 1.165) is 28.6 Å². The lowest BCUT2D eigenvalue weighted by molar-refractivity contribution is 0.357. The molecule has 1 aliphatic heterocycles. The number of nitrogens with zero attached hydrogens (tertiary/aromatic N) is 3. The molecule has 7 heteroatoms. The van der Waals surface area contributed by atoms with E-state index < -0.39 is 0 Å². The summed E-state index contributed by atoms with van der Waals surface area (Å²) in [5.74, 6) is 0.894. The van der Waals surface area contributed by atoms with E-state index in [9.17, 15) is 0 Å². The van der Waals surface area contributed by atoms with Crippen LogP contribution in [0.15, 0.2) is 18.3 Å². The third-order valence-electron chi connectivity index (χ3n) is 3.86. The molecule has 0 fully saturated rings. The summed E-state index contributed by atoms with van der Waals surface area (Å²) < 4.78 is 7.52. The van der Waals surface area contributed by atoms with Gasteiger partial charge in [-0.3, -0.25) is 0 Å². The van der Waals surface area contributed by atoms with Gasteiger partial charge in [-0.25, -0.2) is 4.98 Å². The Hall–Kier alpha value is -1.98. The summed E-state index contributed by atoms with van der Waals surface area (Å²) in [5.41, 5.74) is 9.15. The fourth-order valence-electron chi connectivity index (χ4n) is 2.90. The van der Waals surface area contributed by atoms with Crippen LogP contribution in [0.2, 0.25) is 10.0 Å². The van der Waals surface area contributed by atoms with Gasteiger partial charge in [0.2, 0.25) is 5.95 Å². The molecule has 0 saturated heterocycles. The highest BCUT2D eigenvalue weighted by Gasteiger charge is 2.26. The quantitative estimate of drug-likeness (QED) is 0.740. The van der Waals surface area contributed by atoms with E-state index in [-0.39, 0.29) is 5.95 Å². The number of hydrogen-bond acceptors (Lipinski definition) is 4. The number of nitrogens with two attached hydrogens (primary N) is 1. The van der Waals surface area contributed by atoms with Gasteiger partial charge in [0.15, 0.2) is 0 Å². The summed E-state index contributed by atoms with van der Waals surface area (Å²) in [7, 11) is 1.91. The molecule has 0 unspecified atom stereocenters. The van der Waals surface area contributed by atoms with Crippen molar-refractivity contribution < 1.29 is 4.74 Å². The van der Waals surface area contributed by atoms with Crippen molar-refractivity contribution in [1.82, 2.24) is 14.5 Å². The maximum absolute atomic E-state index is 6.46. The molecule has 0 bridgehead atoms. The molecule has 0 saturated carbocycles. The largest absolute Gasteiger partial charge is 0.491 e. The zero-order valence-electron chi connectivity index (χ0n) is 11.7. The van der Waals surface area contributed by atoms with Crippen LogP contribution in [0, 0.1) is 0 Å². The van der Waals surface area contributed by atoms with Crippen molar-refractivity contribution in [3.05, 3.63) is 33.9 Å². The predicted octanol–water partition coefficient (Wildman–Crippen LogP) is 3.46. The molecule has 1 aliphatic rings. The second-order valence-electron chi connectivity index (χ2n) is 5.22. The molecule has 4 rings (SSSR count). The number of aromatic nitrogens is 3. The van der Waals surface area contributed by atoms with E-state index in [1.165, 1.54) is 0 Å². The number of rotatable bonds is 1. The van der Waals surface area contributed by atoms with E-state index in [1.807, 2.05) is 23.9 Å². The minimum absolute atomic E-state index is 0.211. The van der Waals surface area contributed by atoms with Gasteiger partial charge in [0, 0.05) is 36.2 Å². The number of fused-ring (bicyclic) bond motifs is 2. The van der Waals surface area contributed by atoms with Crippen LogP contribution in [-0.2, 0) is 13.5 Å². The van der Waals surface area contributed by atoms with Gasteiger partial charge >= 0.3 is 0 Å². The van der Waals surface area contributed by atoms with Crippen molar-refractivity contribution in [2.45, 2.75) is 6.42 Å². The Kier molecular flexibility index (Phi) is 2.96. The molecule has 2 aromatic heterocycles. The summed E-state index contributed by atoms with van der Waals surface area (Å²) in [6.07, 6.45) is 2.66. The maximum atomic E-state index is 6.46. The molecular weight excluding hydrogens is 323 g/mol. The molecule has 0 spiro atoms. The summed E-state index contributed by atoms with van der Waals surface area (Å²) in [6.45, 7) is 0.584. The Morgan fingerprint density at radius 3 is 2.91 bits per heavy atom. The highest BCUT2D eigenvalue weighted by Crippen LogP contribution is 2.45. The minimum atomic E-state index is 0.211. The number of benzene rings is 1. The number of aryl methyl sites for hydroxylation is 1. The first-order chi connectivity index (χ1) is 10.6. The normalized spacial score (nSPS) is 13.4. The Balaban J connectivity index is 2.11. The van der Waals surface area contributed by atoms with Crippen LogP contribution in [0.4, 0.5) is 5.95 Å². The topological polar surface area (TPSA) is 66.0 Å². The van der Waals surface area contributed by atoms with Crippen molar-refractivity contribution >= 4 is 40.2 Å². The lowest BCUT2D eigenvalue weighted by Gasteiger charge is -2.12. The molecule has 112 valence electrons. The first-order valence-corrected chi connectivity index (χ1v) is 7.54. The first kappa shape index (κ1) is 13.7. The van der Waals surface area contributed by atoms with Gasteiger partial charge in [-0.1, -0.05) is 23.2 Å². The second kappa shape index (κ2) is 4.76. The smallest absolute Gasteiger partial charge is 0.222 e. The molecule has 0 atom stereocenters. The van der Waals surface area contributed by atoms with Crippen LogP contribution >= 0.6 is 23.2 Å². The lowest BCUT2D eigenvalue weighted by Crippen LogP contribution is -2.01. The monoisotopic (exact) mass is 334 g/mol. The van der Waals surface area contributed by atoms with Crippen LogP contribution in [-0.4, -0.2) is 21.1 Å². The molecular formula is C15H12Cl2N4O. The number of halogens is 2. The number of anilines is 1. The van der Waals surface area contributed by atoms with Crippen LogP contribution in [0.25, 0.3) is 22.3 Å². The second-order valence-corrected chi connectivity index (χ2v) is 6.03. The molecule has 3 aromatic rings. The van der Waals surface area contributed by atoms with Crippen LogP contribution in [0.3, 0.4) is 0 Å². The van der Waals surface area contributed by atoms with Crippen LogP contribution in [0.1, 0.15) is 5.56 Å². The number of nitrogen functional groups attached to an aromatic ring is 1. The SMILES string of the molecule is Cn1ccc2c(-c3c(Cl)cc(Cl)c4c3CCO4)nc(N)nc21. The van der Waals surface area contributed by atoms with E-state index >= 15 is 0 Å². The molecule has 0 amide bonds. The number of hydrogen-bond donors (Lipinski definition) is 1. The maximum Gasteiger partial charge on any atom is 0.222 e. The van der Waals surface area contributed by atoms with Crippen LogP contribution < -0.4 is 10.5 Å². The standard InChI is InChI=1S/C15H12Cl2N4O/c1-21-4-2-8-12(19-15(18)20-14(8)21)11-7-3-5-22-13(7)10(17)6-9(11)16/h2,4,6H,3,5H2,1H3,(H2,18,19,20). The summed E-state index contributed by atoms with van der Waals surface area (Å²) in [5, 5.41) is 1.96. The van der Waals surface area contributed by atoms with Crippen molar-refractivity contribution in [3.8, 4) is 17.0 Å². The lowest BCUT2D eigenvalue weighted by atomic mass is 10.00. The average molecular weight is 335 g/mol. The van der Waals surface area contributed by atoms with Gasteiger partial charge in [0.05, 0.1) is 22.3 Å². The van der Waals surface area contributed by atoms with E-state index in [2.05, 4.69) is 9.97 Å². The zero-order chi connectivity index (χ0) is 15.4. The Morgan fingerprint density at radius 2 is 2.09 bits per heavy atom. The zero-order valence-corrected chi connectivity index (χ0v) is 13.2. The van der Waals surface area contributed by atoms with Gasteiger partial charge in [0.1, 0.15) is 11.4 Å². The Labute approximate surface area is 136 Å². The third kappa shape index (κ3) is 1.86. The van der Waals surface area contributed by atoms with Crippen molar-refractivity contribution in [1.29, 1.82) is 0 Å². The Bertz CT molecular complexity index is 920. The summed E-state index contributed by atoms with van der Waals surface area (Å²) in [4.78, 5) is 8.71. The average Bonchev–Trinajstić information content (AvgIpc) is 3.07.